The summed E-state index contributed by atoms with van der Waals surface area (Å²) >= 11 is 0. The van der Waals surface area contributed by atoms with Crippen LogP contribution in [0.1, 0.15) is 25.0 Å². The van der Waals surface area contributed by atoms with Crippen molar-refractivity contribution < 1.29 is 29.3 Å². The maximum Gasteiger partial charge on any atom is 0.408 e. The largest absolute Gasteiger partial charge is 0.479 e. The zero-order chi connectivity index (χ0) is 23.0. The molecule has 0 heterocycles. The summed E-state index contributed by atoms with van der Waals surface area (Å²) in [6.07, 6.45) is -0.946. The fourth-order valence-electron chi connectivity index (χ4n) is 3.13. The van der Waals surface area contributed by atoms with Crippen LogP contribution in [-0.4, -0.2) is 45.7 Å². The number of benzene rings is 2. The van der Waals surface area contributed by atoms with Gasteiger partial charge in [0, 0.05) is 0 Å². The van der Waals surface area contributed by atoms with Gasteiger partial charge in [0.1, 0.15) is 6.61 Å². The fourth-order valence-corrected chi connectivity index (χ4v) is 3.13. The summed E-state index contributed by atoms with van der Waals surface area (Å²) in [7, 11) is 0. The van der Waals surface area contributed by atoms with Gasteiger partial charge >= 0.3 is 12.1 Å². The van der Waals surface area contributed by atoms with Crippen molar-refractivity contribution in [2.75, 3.05) is 0 Å². The van der Waals surface area contributed by atoms with Crippen LogP contribution < -0.4 is 11.1 Å². The number of carbonyl (C=O) groups is 3. The molecule has 0 aliphatic heterocycles. The second-order valence-electron chi connectivity index (χ2n) is 7.66. The lowest BCUT2D eigenvalue weighted by atomic mass is 9.80. The molecule has 5 N–H and O–H groups in total. The predicted molar refractivity (Wildman–Crippen MR) is 114 cm³/mol. The first-order valence-electron chi connectivity index (χ1n) is 9.93. The Labute approximate surface area is 181 Å². The Balaban J connectivity index is 2.15. The Bertz CT molecular complexity index is 887. The van der Waals surface area contributed by atoms with Crippen molar-refractivity contribution in [3.8, 4) is 0 Å². The first-order valence-corrected chi connectivity index (χ1v) is 9.93. The van der Waals surface area contributed by atoms with Gasteiger partial charge in [-0.25, -0.2) is 9.59 Å². The van der Waals surface area contributed by atoms with E-state index in [2.05, 4.69) is 5.32 Å². The van der Waals surface area contributed by atoms with Crippen molar-refractivity contribution in [1.82, 2.24) is 5.32 Å². The summed E-state index contributed by atoms with van der Waals surface area (Å²) in [5.74, 6) is -3.40. The molecule has 0 fully saturated rings. The molecule has 0 saturated carbocycles. The minimum Gasteiger partial charge on any atom is -0.479 e. The molecule has 0 aromatic heterocycles. The summed E-state index contributed by atoms with van der Waals surface area (Å²) in [6, 6.07) is 14.9. The maximum atomic E-state index is 13.1. The van der Waals surface area contributed by atoms with E-state index < -0.39 is 41.4 Å². The van der Waals surface area contributed by atoms with E-state index in [-0.39, 0.29) is 13.0 Å². The summed E-state index contributed by atoms with van der Waals surface area (Å²) in [5.41, 5.74) is 4.52. The van der Waals surface area contributed by atoms with Crippen LogP contribution in [0.15, 0.2) is 60.7 Å². The number of hydrogen-bond donors (Lipinski definition) is 4. The first kappa shape index (κ1) is 24.0. The molecule has 0 saturated heterocycles. The van der Waals surface area contributed by atoms with Crippen LogP contribution in [-0.2, 0) is 27.4 Å². The average molecular weight is 428 g/mol. The molecule has 31 heavy (non-hydrogen) atoms. The van der Waals surface area contributed by atoms with E-state index in [4.69, 9.17) is 10.5 Å². The number of aliphatic hydroxyl groups is 1. The second-order valence-corrected chi connectivity index (χ2v) is 7.66. The van der Waals surface area contributed by atoms with Crippen molar-refractivity contribution >= 4 is 17.8 Å². The van der Waals surface area contributed by atoms with Crippen LogP contribution in [0.2, 0.25) is 0 Å². The highest BCUT2D eigenvalue weighted by Crippen LogP contribution is 2.21. The van der Waals surface area contributed by atoms with Gasteiger partial charge in [0.2, 0.25) is 5.60 Å². The summed E-state index contributed by atoms with van der Waals surface area (Å²) in [6.45, 7) is 3.21. The second kappa shape index (κ2) is 10.7. The number of aliphatic carboxylic acids is 1. The van der Waals surface area contributed by atoms with Gasteiger partial charge in [-0.15, -0.1) is 0 Å². The highest BCUT2D eigenvalue weighted by atomic mass is 16.5. The number of alkyl carbamates (subject to hydrolysis) is 1. The number of carboxylic acids is 1. The van der Waals surface area contributed by atoms with Gasteiger partial charge in [0.05, 0.1) is 12.1 Å². The summed E-state index contributed by atoms with van der Waals surface area (Å²) in [4.78, 5) is 37.3. The van der Waals surface area contributed by atoms with Crippen molar-refractivity contribution in [2.24, 2.45) is 11.7 Å². The van der Waals surface area contributed by atoms with Crippen molar-refractivity contribution in [1.29, 1.82) is 0 Å². The molecule has 0 aliphatic rings. The van der Waals surface area contributed by atoms with Crippen LogP contribution in [0, 0.1) is 5.92 Å². The number of rotatable bonds is 10. The Morgan fingerprint density at radius 2 is 1.52 bits per heavy atom. The lowest BCUT2D eigenvalue weighted by molar-refractivity contribution is -0.169. The highest BCUT2D eigenvalue weighted by molar-refractivity contribution is 6.10. The minimum atomic E-state index is -2.89. The lowest BCUT2D eigenvalue weighted by Crippen LogP contribution is -2.66. The number of nitrogens with one attached hydrogen (secondary N) is 1. The molecular formula is C23H28N2O6. The molecule has 166 valence electrons. The van der Waals surface area contributed by atoms with Gasteiger partial charge in [-0.1, -0.05) is 74.5 Å². The Morgan fingerprint density at radius 1 is 1.00 bits per heavy atom. The number of hydrogen-bond acceptors (Lipinski definition) is 6. The Morgan fingerprint density at radius 3 is 2.00 bits per heavy atom. The van der Waals surface area contributed by atoms with E-state index in [0.29, 0.717) is 5.56 Å². The molecule has 8 nitrogen and oxygen atoms in total. The minimum absolute atomic E-state index is 0.0254. The fraction of sp³-hybridized carbons (Fsp3) is 0.348. The number of amides is 1. The van der Waals surface area contributed by atoms with Crippen LogP contribution in [0.3, 0.4) is 0 Å². The predicted octanol–water partition coefficient (Wildman–Crippen LogP) is 1.89. The topological polar surface area (TPSA) is 139 Å². The number of Topliss-reactive ketones (excluding diaryl/α,β-unsaturated/α-hetero) is 1. The first-order chi connectivity index (χ1) is 14.7. The molecule has 2 aromatic carbocycles. The van der Waals surface area contributed by atoms with Crippen LogP contribution in [0.4, 0.5) is 4.79 Å². The molecule has 0 radical (unpaired) electrons. The third kappa shape index (κ3) is 6.13. The van der Waals surface area contributed by atoms with Crippen molar-refractivity contribution in [3.05, 3.63) is 71.8 Å². The third-order valence-corrected chi connectivity index (χ3v) is 4.97. The van der Waals surface area contributed by atoms with E-state index in [0.717, 1.165) is 5.56 Å². The van der Waals surface area contributed by atoms with Gasteiger partial charge < -0.3 is 26.0 Å². The number of ether oxygens (including phenoxy) is 1. The van der Waals surface area contributed by atoms with Gasteiger partial charge in [-0.2, -0.15) is 0 Å². The van der Waals surface area contributed by atoms with Crippen molar-refractivity contribution in [3.63, 3.8) is 0 Å². The van der Waals surface area contributed by atoms with Gasteiger partial charge in [0.25, 0.3) is 0 Å². The SMILES string of the molecule is CC(C)[C@H](NC(=O)OCc1ccccc1)C(=O)[C@@](O)(C(=O)O)[C@@H](N)Cc1ccccc1. The molecule has 0 aliphatic carbocycles. The third-order valence-electron chi connectivity index (χ3n) is 4.97. The summed E-state index contributed by atoms with van der Waals surface area (Å²) in [5, 5.41) is 22.9. The molecule has 2 rings (SSSR count). The molecular weight excluding hydrogens is 400 g/mol. The van der Waals surface area contributed by atoms with E-state index in [1.54, 1.807) is 68.4 Å². The van der Waals surface area contributed by atoms with E-state index in [1.807, 2.05) is 6.07 Å². The quantitative estimate of drug-likeness (QED) is 0.424. The molecule has 0 bridgehead atoms. The van der Waals surface area contributed by atoms with Gasteiger partial charge in [-0.3, -0.25) is 4.79 Å². The smallest absolute Gasteiger partial charge is 0.408 e. The van der Waals surface area contributed by atoms with Gasteiger partial charge in [0.15, 0.2) is 5.78 Å². The molecule has 8 heteroatoms. The standard InChI is InChI=1S/C23H28N2O6/c1-15(2)19(25-22(29)31-14-17-11-7-4-8-12-17)20(26)23(30,21(27)28)18(24)13-16-9-5-3-6-10-16/h3-12,15,18-19,30H,13-14,24H2,1-2H3,(H,25,29)(H,27,28)/t18-,19-,23+/m0/s1. The summed E-state index contributed by atoms with van der Waals surface area (Å²) < 4.78 is 5.13. The number of nitrogens with two attached hydrogens (primary N) is 1. The lowest BCUT2D eigenvalue weighted by Gasteiger charge is -2.33. The zero-order valence-electron chi connectivity index (χ0n) is 17.5. The molecule has 2 aromatic rings. The van der Waals surface area contributed by atoms with Crippen LogP contribution in [0.25, 0.3) is 0 Å². The number of ketones is 1. The Hall–Kier alpha value is -3.23. The number of carbonyl (C=O) groups excluding carboxylic acids is 2. The Kier molecular flexibility index (Phi) is 8.30. The monoisotopic (exact) mass is 428 g/mol. The zero-order valence-corrected chi connectivity index (χ0v) is 17.5. The van der Waals surface area contributed by atoms with Crippen LogP contribution >= 0.6 is 0 Å². The maximum absolute atomic E-state index is 13.1. The normalized spacial score (nSPS) is 14.9. The van der Waals surface area contributed by atoms with Gasteiger partial charge in [-0.05, 0) is 23.5 Å². The number of carboxylic acid groups (broad SMARTS) is 1. The molecule has 1 amide bonds. The van der Waals surface area contributed by atoms with Crippen LogP contribution in [0.5, 0.6) is 0 Å². The van der Waals surface area contributed by atoms with E-state index >= 15 is 0 Å². The average Bonchev–Trinajstić information content (AvgIpc) is 2.76. The van der Waals surface area contributed by atoms with E-state index in [1.165, 1.54) is 0 Å². The molecule has 0 spiro atoms. The highest BCUT2D eigenvalue weighted by Gasteiger charge is 2.52. The molecule has 0 unspecified atom stereocenters. The van der Waals surface area contributed by atoms with Crippen molar-refractivity contribution in [2.45, 2.75) is 44.6 Å². The molecule has 3 atom stereocenters. The van der Waals surface area contributed by atoms with E-state index in [9.17, 15) is 24.6 Å².